The second-order valence-corrected chi connectivity index (χ2v) is 6.14. The maximum absolute atomic E-state index is 12.2. The zero-order valence-corrected chi connectivity index (χ0v) is 14.1. The van der Waals surface area contributed by atoms with Gasteiger partial charge >= 0.3 is 0 Å². The first kappa shape index (κ1) is 17.2. The first-order valence-corrected chi connectivity index (χ1v) is 7.79. The molecule has 4 nitrogen and oxygen atoms in total. The highest BCUT2D eigenvalue weighted by atomic mass is 16.2. The lowest BCUT2D eigenvalue weighted by molar-refractivity contribution is -0.117. The van der Waals surface area contributed by atoms with Crippen molar-refractivity contribution in [1.29, 1.82) is 0 Å². The van der Waals surface area contributed by atoms with Crippen molar-refractivity contribution >= 4 is 11.6 Å². The van der Waals surface area contributed by atoms with Crippen LogP contribution in [0.5, 0.6) is 0 Å². The molecule has 0 saturated carbocycles. The van der Waals surface area contributed by atoms with Crippen LogP contribution >= 0.6 is 0 Å². The largest absolute Gasteiger partial charge is 0.325 e. The number of amides is 1. The Morgan fingerprint density at radius 3 is 2.30 bits per heavy atom. The van der Waals surface area contributed by atoms with E-state index in [4.69, 9.17) is 0 Å². The predicted molar refractivity (Wildman–Crippen MR) is 95.2 cm³/mol. The van der Waals surface area contributed by atoms with Crippen LogP contribution in [-0.2, 0) is 17.9 Å². The van der Waals surface area contributed by atoms with E-state index in [1.165, 1.54) is 11.1 Å². The van der Waals surface area contributed by atoms with Crippen molar-refractivity contribution in [3.8, 4) is 0 Å². The molecule has 0 fully saturated rings. The number of nitrogens with zero attached hydrogens (tertiary/aromatic N) is 2. The van der Waals surface area contributed by atoms with Gasteiger partial charge in [0.25, 0.3) is 0 Å². The summed E-state index contributed by atoms with van der Waals surface area (Å²) in [7, 11) is 6.02. The molecule has 2 rings (SSSR count). The van der Waals surface area contributed by atoms with E-state index in [0.29, 0.717) is 6.54 Å². The van der Waals surface area contributed by atoms with Gasteiger partial charge in [-0.2, -0.15) is 0 Å². The van der Waals surface area contributed by atoms with Gasteiger partial charge in [0.05, 0.1) is 6.54 Å². The van der Waals surface area contributed by atoms with Crippen molar-refractivity contribution < 1.29 is 4.79 Å². The van der Waals surface area contributed by atoms with Gasteiger partial charge in [-0.05, 0) is 44.4 Å². The zero-order chi connectivity index (χ0) is 16.7. The van der Waals surface area contributed by atoms with Gasteiger partial charge in [-0.3, -0.25) is 9.69 Å². The molecule has 4 heteroatoms. The fraction of sp³-hybridized carbons (Fsp3) is 0.316. The first-order chi connectivity index (χ1) is 11.0. The SMILES string of the molecule is CN(C)Cc1cccc(NC(=O)CN(C)Cc2ccccc2)c1. The Balaban J connectivity index is 1.86. The van der Waals surface area contributed by atoms with E-state index >= 15 is 0 Å². The molecule has 0 radical (unpaired) electrons. The third-order valence-corrected chi connectivity index (χ3v) is 3.42. The highest BCUT2D eigenvalue weighted by molar-refractivity contribution is 5.92. The molecule has 0 spiro atoms. The minimum atomic E-state index is 0.00503. The highest BCUT2D eigenvalue weighted by Gasteiger charge is 2.08. The van der Waals surface area contributed by atoms with Crippen LogP contribution in [0.3, 0.4) is 0 Å². The van der Waals surface area contributed by atoms with Crippen LogP contribution in [0.15, 0.2) is 54.6 Å². The van der Waals surface area contributed by atoms with E-state index in [0.717, 1.165) is 18.8 Å². The molecule has 0 aliphatic heterocycles. The molecule has 0 atom stereocenters. The van der Waals surface area contributed by atoms with Crippen molar-refractivity contribution in [1.82, 2.24) is 9.80 Å². The summed E-state index contributed by atoms with van der Waals surface area (Å²) in [6, 6.07) is 18.1. The molecule has 0 aliphatic carbocycles. The Bertz CT molecular complexity index is 626. The average molecular weight is 311 g/mol. The summed E-state index contributed by atoms with van der Waals surface area (Å²) >= 11 is 0. The number of hydrogen-bond donors (Lipinski definition) is 1. The van der Waals surface area contributed by atoms with Crippen LogP contribution in [0.1, 0.15) is 11.1 Å². The molecule has 0 heterocycles. The monoisotopic (exact) mass is 311 g/mol. The van der Waals surface area contributed by atoms with Crippen LogP contribution in [0.25, 0.3) is 0 Å². The second kappa shape index (κ2) is 8.46. The fourth-order valence-corrected chi connectivity index (χ4v) is 2.51. The average Bonchev–Trinajstić information content (AvgIpc) is 2.47. The third kappa shape index (κ3) is 6.22. The molecule has 1 N–H and O–H groups in total. The zero-order valence-electron chi connectivity index (χ0n) is 14.1. The van der Waals surface area contributed by atoms with Gasteiger partial charge < -0.3 is 10.2 Å². The van der Waals surface area contributed by atoms with Crippen LogP contribution in [0.2, 0.25) is 0 Å². The molecule has 0 unspecified atom stereocenters. The number of rotatable bonds is 7. The topological polar surface area (TPSA) is 35.6 Å². The van der Waals surface area contributed by atoms with Crippen molar-refractivity contribution in [2.24, 2.45) is 0 Å². The van der Waals surface area contributed by atoms with Gasteiger partial charge in [0.2, 0.25) is 5.91 Å². The molecule has 0 aliphatic rings. The van der Waals surface area contributed by atoms with Crippen molar-refractivity contribution in [3.63, 3.8) is 0 Å². The fourth-order valence-electron chi connectivity index (χ4n) is 2.51. The Kier molecular flexibility index (Phi) is 6.32. The number of nitrogens with one attached hydrogen (secondary N) is 1. The van der Waals surface area contributed by atoms with E-state index in [9.17, 15) is 4.79 Å². The number of benzene rings is 2. The molecule has 0 saturated heterocycles. The smallest absolute Gasteiger partial charge is 0.238 e. The van der Waals surface area contributed by atoms with Gasteiger partial charge in [-0.15, -0.1) is 0 Å². The summed E-state index contributed by atoms with van der Waals surface area (Å²) < 4.78 is 0. The minimum absolute atomic E-state index is 0.00503. The summed E-state index contributed by atoms with van der Waals surface area (Å²) in [5.41, 5.74) is 3.24. The maximum Gasteiger partial charge on any atom is 0.238 e. The maximum atomic E-state index is 12.2. The number of carbonyl (C=O) groups excluding carboxylic acids is 1. The summed E-state index contributed by atoms with van der Waals surface area (Å²) in [6.07, 6.45) is 0. The van der Waals surface area contributed by atoms with E-state index in [1.54, 1.807) is 0 Å². The molecule has 122 valence electrons. The van der Waals surface area contributed by atoms with Gasteiger partial charge in [-0.25, -0.2) is 0 Å². The van der Waals surface area contributed by atoms with Gasteiger partial charge in [0, 0.05) is 18.8 Å². The van der Waals surface area contributed by atoms with E-state index in [2.05, 4.69) is 28.4 Å². The quantitative estimate of drug-likeness (QED) is 0.854. The third-order valence-electron chi connectivity index (χ3n) is 3.42. The molecule has 23 heavy (non-hydrogen) atoms. The summed E-state index contributed by atoms with van der Waals surface area (Å²) in [5, 5.41) is 2.97. The van der Waals surface area contributed by atoms with Gasteiger partial charge in [-0.1, -0.05) is 42.5 Å². The van der Waals surface area contributed by atoms with Crippen molar-refractivity contribution in [2.45, 2.75) is 13.1 Å². The van der Waals surface area contributed by atoms with Gasteiger partial charge in [0.15, 0.2) is 0 Å². The summed E-state index contributed by atoms with van der Waals surface area (Å²) in [5.74, 6) is 0.00503. The Labute approximate surface area is 138 Å². The van der Waals surface area contributed by atoms with Crippen LogP contribution in [-0.4, -0.2) is 43.4 Å². The van der Waals surface area contributed by atoms with Crippen molar-refractivity contribution in [2.75, 3.05) is 33.0 Å². The summed E-state index contributed by atoms with van der Waals surface area (Å²) in [6.45, 7) is 1.99. The molecular formula is C19H25N3O. The standard InChI is InChI=1S/C19H25N3O/c1-21(2)13-17-10-7-11-18(12-17)20-19(23)15-22(3)14-16-8-5-4-6-9-16/h4-12H,13-15H2,1-3H3,(H,20,23). The number of carbonyl (C=O) groups is 1. The minimum Gasteiger partial charge on any atom is -0.325 e. The number of likely N-dealkylation sites (N-methyl/N-ethyl adjacent to an activating group) is 1. The lowest BCUT2D eigenvalue weighted by Crippen LogP contribution is -2.29. The lowest BCUT2D eigenvalue weighted by atomic mass is 10.2. The van der Waals surface area contributed by atoms with E-state index in [1.807, 2.05) is 62.4 Å². The molecule has 1 amide bonds. The second-order valence-electron chi connectivity index (χ2n) is 6.14. The van der Waals surface area contributed by atoms with Crippen LogP contribution in [0, 0.1) is 0 Å². The molecular weight excluding hydrogens is 286 g/mol. The molecule has 2 aromatic rings. The predicted octanol–water partition coefficient (Wildman–Crippen LogP) is 2.82. The number of hydrogen-bond acceptors (Lipinski definition) is 3. The molecule has 0 aromatic heterocycles. The molecule has 0 bridgehead atoms. The number of anilines is 1. The Morgan fingerprint density at radius 1 is 0.913 bits per heavy atom. The van der Waals surface area contributed by atoms with Gasteiger partial charge in [0.1, 0.15) is 0 Å². The normalized spacial score (nSPS) is 11.0. The molecule has 2 aromatic carbocycles. The van der Waals surface area contributed by atoms with Crippen LogP contribution in [0.4, 0.5) is 5.69 Å². The lowest BCUT2D eigenvalue weighted by Gasteiger charge is -2.17. The Hall–Kier alpha value is -2.17. The first-order valence-electron chi connectivity index (χ1n) is 7.79. The van der Waals surface area contributed by atoms with Crippen LogP contribution < -0.4 is 5.32 Å². The van der Waals surface area contributed by atoms with Crippen molar-refractivity contribution in [3.05, 3.63) is 65.7 Å². The highest BCUT2D eigenvalue weighted by Crippen LogP contribution is 2.12. The Morgan fingerprint density at radius 2 is 1.61 bits per heavy atom. The van der Waals surface area contributed by atoms with E-state index < -0.39 is 0 Å². The summed E-state index contributed by atoms with van der Waals surface area (Å²) in [4.78, 5) is 16.3. The van der Waals surface area contributed by atoms with E-state index in [-0.39, 0.29) is 5.91 Å².